The number of benzene rings is 1. The predicted molar refractivity (Wildman–Crippen MR) is 96.0 cm³/mol. The van der Waals surface area contributed by atoms with E-state index in [9.17, 15) is 8.42 Å². The average molecular weight is 380 g/mol. The monoisotopic (exact) mass is 380 g/mol. The molecule has 0 radical (unpaired) electrons. The minimum Gasteiger partial charge on any atom is -0.493 e. The van der Waals surface area contributed by atoms with Crippen molar-refractivity contribution in [2.75, 3.05) is 20.8 Å². The van der Waals surface area contributed by atoms with Gasteiger partial charge >= 0.3 is 0 Å². The van der Waals surface area contributed by atoms with E-state index in [1.807, 2.05) is 19.9 Å². The highest BCUT2D eigenvalue weighted by molar-refractivity contribution is 7.89. The van der Waals surface area contributed by atoms with Crippen molar-refractivity contribution in [1.82, 2.24) is 9.46 Å². The first-order valence-electron chi connectivity index (χ1n) is 8.59. The van der Waals surface area contributed by atoms with Gasteiger partial charge in [-0.05, 0) is 25.0 Å². The Bertz CT molecular complexity index is 875. The summed E-state index contributed by atoms with van der Waals surface area (Å²) < 4.78 is 43.7. The molecule has 1 fully saturated rings. The maximum Gasteiger partial charge on any atom is 0.243 e. The Hall–Kier alpha value is -2.06. The third-order valence-electron chi connectivity index (χ3n) is 4.62. The first-order chi connectivity index (χ1) is 12.4. The van der Waals surface area contributed by atoms with E-state index < -0.39 is 10.0 Å². The van der Waals surface area contributed by atoms with E-state index >= 15 is 0 Å². The Balaban J connectivity index is 1.95. The van der Waals surface area contributed by atoms with Crippen LogP contribution in [-0.4, -0.2) is 38.6 Å². The second-order valence-electron chi connectivity index (χ2n) is 6.60. The fourth-order valence-corrected chi connectivity index (χ4v) is 4.85. The highest BCUT2D eigenvalue weighted by atomic mass is 32.2. The molecular weight excluding hydrogens is 356 g/mol. The molecule has 7 nitrogen and oxygen atoms in total. The smallest absolute Gasteiger partial charge is 0.243 e. The largest absolute Gasteiger partial charge is 0.493 e. The maximum atomic E-state index is 13.2. The van der Waals surface area contributed by atoms with Gasteiger partial charge in [-0.1, -0.05) is 19.0 Å². The molecule has 26 heavy (non-hydrogen) atoms. The number of hydrogen-bond acceptors (Lipinski definition) is 6. The van der Waals surface area contributed by atoms with Crippen molar-refractivity contribution < 1.29 is 22.4 Å². The topological polar surface area (TPSA) is 81.9 Å². The number of ether oxygens (including phenoxy) is 2. The Labute approximate surface area is 153 Å². The summed E-state index contributed by atoms with van der Waals surface area (Å²) in [6.45, 7) is 4.47. The van der Waals surface area contributed by atoms with E-state index in [1.165, 1.54) is 30.7 Å². The number of nitrogens with zero attached hydrogens (tertiary/aromatic N) is 2. The molecule has 0 N–H and O–H groups in total. The van der Waals surface area contributed by atoms with Gasteiger partial charge in [0, 0.05) is 24.6 Å². The van der Waals surface area contributed by atoms with Gasteiger partial charge in [0.05, 0.1) is 25.2 Å². The van der Waals surface area contributed by atoms with Crippen LogP contribution in [0.25, 0.3) is 0 Å². The van der Waals surface area contributed by atoms with Crippen molar-refractivity contribution >= 4 is 10.0 Å². The average Bonchev–Trinajstić information content (AvgIpc) is 3.30. The molecule has 1 aromatic carbocycles. The highest BCUT2D eigenvalue weighted by Gasteiger charge is 2.38. The van der Waals surface area contributed by atoms with Gasteiger partial charge in [-0.3, -0.25) is 0 Å². The Morgan fingerprint density at radius 2 is 1.92 bits per heavy atom. The van der Waals surface area contributed by atoms with Crippen molar-refractivity contribution in [3.05, 3.63) is 35.7 Å². The summed E-state index contributed by atoms with van der Waals surface area (Å²) in [5.74, 6) is 1.83. The van der Waals surface area contributed by atoms with Crippen LogP contribution in [0.15, 0.2) is 33.7 Å². The summed E-state index contributed by atoms with van der Waals surface area (Å²) in [5.41, 5.74) is 0.662. The van der Waals surface area contributed by atoms with Gasteiger partial charge < -0.3 is 14.0 Å². The SMILES string of the molecule is COc1ccc(S(=O)(=O)N2CCC[C@@H]2c2cc(C(C)C)on2)cc1OC. The predicted octanol–water partition coefficient (Wildman–Crippen LogP) is 3.34. The third kappa shape index (κ3) is 3.31. The first kappa shape index (κ1) is 18.7. The third-order valence-corrected chi connectivity index (χ3v) is 6.53. The summed E-state index contributed by atoms with van der Waals surface area (Å²) in [4.78, 5) is 0.176. The van der Waals surface area contributed by atoms with E-state index in [-0.39, 0.29) is 16.9 Å². The fourth-order valence-electron chi connectivity index (χ4n) is 3.17. The summed E-state index contributed by atoms with van der Waals surface area (Å²) in [6.07, 6.45) is 1.50. The standard InChI is InChI=1S/C18H24N2O5S/c1-12(2)17-11-14(19-25-17)15-6-5-9-20(15)26(21,22)13-7-8-16(23-3)18(10-13)24-4/h7-8,10-12,15H,5-6,9H2,1-4H3/t15-/m1/s1. The molecule has 1 atom stereocenters. The first-order valence-corrected chi connectivity index (χ1v) is 10.0. The van der Waals surface area contributed by atoms with Gasteiger partial charge in [-0.2, -0.15) is 4.31 Å². The van der Waals surface area contributed by atoms with Crippen molar-refractivity contribution in [2.24, 2.45) is 0 Å². The lowest BCUT2D eigenvalue weighted by Gasteiger charge is -2.23. The van der Waals surface area contributed by atoms with Gasteiger partial charge in [-0.15, -0.1) is 0 Å². The molecule has 0 spiro atoms. The number of sulfonamides is 1. The molecule has 0 saturated carbocycles. The second kappa shape index (κ2) is 7.28. The Morgan fingerprint density at radius 1 is 1.19 bits per heavy atom. The van der Waals surface area contributed by atoms with Crippen LogP contribution in [-0.2, 0) is 10.0 Å². The molecule has 2 aromatic rings. The number of aromatic nitrogens is 1. The van der Waals surface area contributed by atoms with Gasteiger partial charge in [-0.25, -0.2) is 8.42 Å². The zero-order chi connectivity index (χ0) is 18.9. The van der Waals surface area contributed by atoms with Crippen LogP contribution in [0.3, 0.4) is 0 Å². The molecule has 0 aliphatic carbocycles. The van der Waals surface area contributed by atoms with Gasteiger partial charge in [0.2, 0.25) is 10.0 Å². The van der Waals surface area contributed by atoms with Crippen molar-refractivity contribution in [1.29, 1.82) is 0 Å². The Morgan fingerprint density at radius 3 is 2.54 bits per heavy atom. The lowest BCUT2D eigenvalue weighted by atomic mass is 10.1. The molecule has 0 unspecified atom stereocenters. The van der Waals surface area contributed by atoms with Crippen molar-refractivity contribution in [3.8, 4) is 11.5 Å². The van der Waals surface area contributed by atoms with Crippen LogP contribution in [0.5, 0.6) is 11.5 Å². The molecular formula is C18H24N2O5S. The van der Waals surface area contributed by atoms with E-state index in [4.69, 9.17) is 14.0 Å². The Kier molecular flexibility index (Phi) is 5.24. The van der Waals surface area contributed by atoms with Crippen LogP contribution in [0.2, 0.25) is 0 Å². The molecule has 8 heteroatoms. The summed E-state index contributed by atoms with van der Waals surface area (Å²) in [6, 6.07) is 6.17. The number of rotatable bonds is 6. The zero-order valence-corrected chi connectivity index (χ0v) is 16.2. The number of hydrogen-bond donors (Lipinski definition) is 0. The van der Waals surface area contributed by atoms with Crippen LogP contribution >= 0.6 is 0 Å². The van der Waals surface area contributed by atoms with E-state index in [0.29, 0.717) is 23.7 Å². The molecule has 3 rings (SSSR count). The molecule has 1 aromatic heterocycles. The fraction of sp³-hybridized carbons (Fsp3) is 0.500. The van der Waals surface area contributed by atoms with Crippen LogP contribution < -0.4 is 9.47 Å². The summed E-state index contributed by atoms with van der Waals surface area (Å²) >= 11 is 0. The van der Waals surface area contributed by atoms with Gasteiger partial charge in [0.1, 0.15) is 11.5 Å². The van der Waals surface area contributed by atoms with E-state index in [2.05, 4.69) is 5.16 Å². The van der Waals surface area contributed by atoms with Crippen molar-refractivity contribution in [2.45, 2.75) is 43.5 Å². The lowest BCUT2D eigenvalue weighted by molar-refractivity contribution is 0.337. The van der Waals surface area contributed by atoms with E-state index in [1.54, 1.807) is 6.07 Å². The van der Waals surface area contributed by atoms with Gasteiger partial charge in [0.25, 0.3) is 0 Å². The molecule has 142 valence electrons. The van der Waals surface area contributed by atoms with Crippen LogP contribution in [0.1, 0.15) is 50.1 Å². The molecule has 1 saturated heterocycles. The van der Waals surface area contributed by atoms with Crippen LogP contribution in [0, 0.1) is 0 Å². The van der Waals surface area contributed by atoms with E-state index in [0.717, 1.165) is 18.6 Å². The molecule has 2 heterocycles. The quantitative estimate of drug-likeness (QED) is 0.764. The normalized spacial score (nSPS) is 18.4. The van der Waals surface area contributed by atoms with Crippen LogP contribution in [0.4, 0.5) is 0 Å². The number of methoxy groups -OCH3 is 2. The second-order valence-corrected chi connectivity index (χ2v) is 8.49. The lowest BCUT2D eigenvalue weighted by Crippen LogP contribution is -2.30. The highest BCUT2D eigenvalue weighted by Crippen LogP contribution is 2.38. The summed E-state index contributed by atoms with van der Waals surface area (Å²) in [7, 11) is -0.693. The maximum absolute atomic E-state index is 13.2. The molecule has 1 aliphatic rings. The molecule has 0 amide bonds. The van der Waals surface area contributed by atoms with Gasteiger partial charge in [0.15, 0.2) is 11.5 Å². The molecule has 0 bridgehead atoms. The van der Waals surface area contributed by atoms with Crippen molar-refractivity contribution in [3.63, 3.8) is 0 Å². The zero-order valence-electron chi connectivity index (χ0n) is 15.4. The minimum atomic E-state index is -3.69. The molecule has 1 aliphatic heterocycles. The summed E-state index contributed by atoms with van der Waals surface area (Å²) in [5, 5.41) is 4.11. The minimum absolute atomic E-state index is 0.176.